The van der Waals surface area contributed by atoms with Crippen LogP contribution >= 0.6 is 0 Å². The minimum atomic E-state index is -3.48. The van der Waals surface area contributed by atoms with Gasteiger partial charge in [-0.15, -0.1) is 0 Å². The minimum absolute atomic E-state index is 0.0536. The van der Waals surface area contributed by atoms with Gasteiger partial charge in [0.2, 0.25) is 10.0 Å². The van der Waals surface area contributed by atoms with Gasteiger partial charge in [-0.2, -0.15) is 0 Å². The lowest BCUT2D eigenvalue weighted by molar-refractivity contribution is 0.107. The number of hydrogen-bond donors (Lipinski definition) is 2. The van der Waals surface area contributed by atoms with Crippen molar-refractivity contribution in [3.63, 3.8) is 0 Å². The molecule has 6 heteroatoms. The number of aliphatic hydroxyl groups is 1. The first-order valence-corrected chi connectivity index (χ1v) is 8.28. The van der Waals surface area contributed by atoms with Gasteiger partial charge in [0.1, 0.15) is 0 Å². The Morgan fingerprint density at radius 3 is 2.55 bits per heavy atom. The standard InChI is InChI=1S/C14H21NO4S/c1-19-13-5-4-12(10-13)15-20(17,18)14-6-2-11(3-7-14)8-9-16/h2-3,6-7,12-13,15-16H,4-5,8-10H2,1H3. The largest absolute Gasteiger partial charge is 0.396 e. The molecule has 0 spiro atoms. The van der Waals surface area contributed by atoms with Crippen LogP contribution in [0.1, 0.15) is 24.8 Å². The van der Waals surface area contributed by atoms with Crippen LogP contribution < -0.4 is 4.72 Å². The molecule has 1 fully saturated rings. The Balaban J connectivity index is 2.03. The summed E-state index contributed by atoms with van der Waals surface area (Å²) >= 11 is 0. The monoisotopic (exact) mass is 299 g/mol. The average molecular weight is 299 g/mol. The van der Waals surface area contributed by atoms with Crippen LogP contribution in [0.25, 0.3) is 0 Å². The maximum absolute atomic E-state index is 12.3. The van der Waals surface area contributed by atoms with Crippen LogP contribution in [0, 0.1) is 0 Å². The number of sulfonamides is 1. The van der Waals surface area contributed by atoms with E-state index in [1.54, 1.807) is 31.4 Å². The third-order valence-electron chi connectivity index (χ3n) is 3.67. The molecular formula is C14H21NO4S. The first-order chi connectivity index (χ1) is 9.55. The van der Waals surface area contributed by atoms with Gasteiger partial charge in [0.15, 0.2) is 0 Å². The summed E-state index contributed by atoms with van der Waals surface area (Å²) in [5.74, 6) is 0. The van der Waals surface area contributed by atoms with Crippen LogP contribution in [0.4, 0.5) is 0 Å². The summed E-state index contributed by atoms with van der Waals surface area (Å²) in [4.78, 5) is 0.264. The predicted molar refractivity (Wildman–Crippen MR) is 76.0 cm³/mol. The van der Waals surface area contributed by atoms with E-state index in [9.17, 15) is 8.42 Å². The van der Waals surface area contributed by atoms with Crippen molar-refractivity contribution in [3.05, 3.63) is 29.8 Å². The molecule has 2 unspecified atom stereocenters. The van der Waals surface area contributed by atoms with Gasteiger partial charge in [0.25, 0.3) is 0 Å². The summed E-state index contributed by atoms with van der Waals surface area (Å²) in [5.41, 5.74) is 0.923. The molecule has 2 rings (SSSR count). The van der Waals surface area contributed by atoms with Gasteiger partial charge in [-0.1, -0.05) is 12.1 Å². The summed E-state index contributed by atoms with van der Waals surface area (Å²) in [7, 11) is -1.82. The number of aliphatic hydroxyl groups excluding tert-OH is 1. The Kier molecular flexibility index (Phi) is 5.15. The first-order valence-electron chi connectivity index (χ1n) is 6.80. The molecule has 2 atom stereocenters. The second-order valence-corrected chi connectivity index (χ2v) is 6.82. The maximum atomic E-state index is 12.3. The Labute approximate surface area is 120 Å². The molecule has 20 heavy (non-hydrogen) atoms. The van der Waals surface area contributed by atoms with E-state index in [1.807, 2.05) is 0 Å². The lowest BCUT2D eigenvalue weighted by Crippen LogP contribution is -2.33. The molecule has 0 aliphatic heterocycles. The normalized spacial score (nSPS) is 23.1. The maximum Gasteiger partial charge on any atom is 0.240 e. The van der Waals surface area contributed by atoms with E-state index in [2.05, 4.69) is 4.72 Å². The van der Waals surface area contributed by atoms with E-state index in [1.165, 1.54) is 0 Å². The summed E-state index contributed by atoms with van der Waals surface area (Å²) < 4.78 is 32.5. The Morgan fingerprint density at radius 2 is 2.00 bits per heavy atom. The zero-order valence-electron chi connectivity index (χ0n) is 11.6. The van der Waals surface area contributed by atoms with Gasteiger partial charge < -0.3 is 9.84 Å². The zero-order chi connectivity index (χ0) is 14.6. The molecule has 0 heterocycles. The molecule has 1 aromatic rings. The minimum Gasteiger partial charge on any atom is -0.396 e. The van der Waals surface area contributed by atoms with Crippen molar-refractivity contribution in [1.29, 1.82) is 0 Å². The summed E-state index contributed by atoms with van der Waals surface area (Å²) in [6, 6.07) is 6.57. The van der Waals surface area contributed by atoms with E-state index < -0.39 is 10.0 Å². The van der Waals surface area contributed by atoms with Gasteiger partial charge in [-0.05, 0) is 43.4 Å². The van der Waals surface area contributed by atoms with Gasteiger partial charge in [-0.3, -0.25) is 0 Å². The molecule has 0 radical (unpaired) electrons. The molecule has 0 aromatic heterocycles. The van der Waals surface area contributed by atoms with Gasteiger partial charge in [-0.25, -0.2) is 13.1 Å². The van der Waals surface area contributed by atoms with Crippen molar-refractivity contribution in [1.82, 2.24) is 4.72 Å². The van der Waals surface area contributed by atoms with E-state index in [4.69, 9.17) is 9.84 Å². The molecule has 1 saturated carbocycles. The van der Waals surface area contributed by atoms with Crippen LogP contribution in [-0.4, -0.2) is 39.4 Å². The molecule has 1 aliphatic carbocycles. The Hall–Kier alpha value is -0.950. The highest BCUT2D eigenvalue weighted by atomic mass is 32.2. The topological polar surface area (TPSA) is 75.6 Å². The predicted octanol–water partition coefficient (Wildman–Crippen LogP) is 1.07. The van der Waals surface area contributed by atoms with Crippen LogP contribution in [0.2, 0.25) is 0 Å². The number of ether oxygens (including phenoxy) is 1. The Morgan fingerprint density at radius 1 is 1.30 bits per heavy atom. The third kappa shape index (κ3) is 3.79. The lowest BCUT2D eigenvalue weighted by atomic mass is 10.2. The number of methoxy groups -OCH3 is 1. The van der Waals surface area contributed by atoms with Crippen molar-refractivity contribution < 1.29 is 18.3 Å². The van der Waals surface area contributed by atoms with Gasteiger partial charge >= 0.3 is 0 Å². The number of benzene rings is 1. The van der Waals surface area contributed by atoms with Crippen LogP contribution in [0.5, 0.6) is 0 Å². The second kappa shape index (κ2) is 6.67. The van der Waals surface area contributed by atoms with E-state index in [0.29, 0.717) is 6.42 Å². The van der Waals surface area contributed by atoms with Crippen molar-refractivity contribution in [2.24, 2.45) is 0 Å². The van der Waals surface area contributed by atoms with Crippen molar-refractivity contribution in [2.75, 3.05) is 13.7 Å². The summed E-state index contributed by atoms with van der Waals surface area (Å²) in [6.07, 6.45) is 3.10. The zero-order valence-corrected chi connectivity index (χ0v) is 12.4. The second-order valence-electron chi connectivity index (χ2n) is 5.11. The SMILES string of the molecule is COC1CCC(NS(=O)(=O)c2ccc(CCO)cc2)C1. The van der Waals surface area contributed by atoms with E-state index >= 15 is 0 Å². The van der Waals surface area contributed by atoms with Crippen molar-refractivity contribution in [2.45, 2.75) is 42.7 Å². The fourth-order valence-electron chi connectivity index (χ4n) is 2.51. The van der Waals surface area contributed by atoms with Crippen LogP contribution in [-0.2, 0) is 21.2 Å². The molecule has 1 aliphatic rings. The molecule has 2 N–H and O–H groups in total. The number of nitrogens with one attached hydrogen (secondary N) is 1. The molecule has 5 nitrogen and oxygen atoms in total. The highest BCUT2D eigenvalue weighted by molar-refractivity contribution is 7.89. The molecule has 0 bridgehead atoms. The molecular weight excluding hydrogens is 278 g/mol. The Bertz CT molecular complexity index is 527. The van der Waals surface area contributed by atoms with Gasteiger partial charge in [0, 0.05) is 19.8 Å². The van der Waals surface area contributed by atoms with Gasteiger partial charge in [0.05, 0.1) is 11.0 Å². The number of rotatable bonds is 6. The number of hydrogen-bond acceptors (Lipinski definition) is 4. The van der Waals surface area contributed by atoms with Crippen molar-refractivity contribution in [3.8, 4) is 0 Å². The highest BCUT2D eigenvalue weighted by Crippen LogP contribution is 2.23. The summed E-state index contributed by atoms with van der Waals surface area (Å²) in [6.45, 7) is 0.0603. The average Bonchev–Trinajstić information content (AvgIpc) is 2.87. The lowest BCUT2D eigenvalue weighted by Gasteiger charge is -2.13. The molecule has 112 valence electrons. The smallest absolute Gasteiger partial charge is 0.240 e. The molecule has 0 amide bonds. The van der Waals surface area contributed by atoms with Crippen LogP contribution in [0.3, 0.4) is 0 Å². The van der Waals surface area contributed by atoms with E-state index in [0.717, 1.165) is 24.8 Å². The first kappa shape index (κ1) is 15.4. The van der Waals surface area contributed by atoms with E-state index in [-0.39, 0.29) is 23.6 Å². The molecule has 0 saturated heterocycles. The van der Waals surface area contributed by atoms with Crippen LogP contribution in [0.15, 0.2) is 29.2 Å². The highest BCUT2D eigenvalue weighted by Gasteiger charge is 2.28. The van der Waals surface area contributed by atoms with Crippen molar-refractivity contribution >= 4 is 10.0 Å². The fourth-order valence-corrected chi connectivity index (χ4v) is 3.80. The summed E-state index contributed by atoms with van der Waals surface area (Å²) in [5, 5.41) is 8.84. The third-order valence-corrected chi connectivity index (χ3v) is 5.21. The fraction of sp³-hybridized carbons (Fsp3) is 0.571. The quantitative estimate of drug-likeness (QED) is 0.824. The molecule has 1 aromatic carbocycles.